The molecule has 0 saturated heterocycles. The topological polar surface area (TPSA) is 96.6 Å². The number of hydrogen-bond donors (Lipinski definition) is 3. The first-order valence-electron chi connectivity index (χ1n) is 10.8. The van der Waals surface area contributed by atoms with Crippen molar-refractivity contribution in [2.45, 2.75) is 6.92 Å². The molecule has 0 bridgehead atoms. The molecule has 0 unspecified atom stereocenters. The molecule has 5 aromatic rings. The maximum atomic E-state index is 13.0. The van der Waals surface area contributed by atoms with Gasteiger partial charge in [0.05, 0.1) is 18.2 Å². The summed E-state index contributed by atoms with van der Waals surface area (Å²) in [6.07, 6.45) is 0. The van der Waals surface area contributed by atoms with Gasteiger partial charge in [0.25, 0.3) is 5.91 Å². The number of fused-ring (bicyclic) bond motifs is 2. The Kier molecular flexibility index (Phi) is 5.80. The Labute approximate surface area is 206 Å². The number of aryl methyl sites for hydroxylation is 1. The van der Waals surface area contributed by atoms with E-state index in [9.17, 15) is 9.90 Å². The van der Waals surface area contributed by atoms with E-state index in [1.807, 2.05) is 55.5 Å². The Morgan fingerprint density at radius 1 is 1.03 bits per heavy atom. The van der Waals surface area contributed by atoms with E-state index in [2.05, 4.69) is 15.6 Å². The van der Waals surface area contributed by atoms with E-state index in [-0.39, 0.29) is 16.8 Å². The van der Waals surface area contributed by atoms with E-state index in [1.54, 1.807) is 18.2 Å². The van der Waals surface area contributed by atoms with Gasteiger partial charge >= 0.3 is 0 Å². The monoisotopic (exact) mass is 483 g/mol. The summed E-state index contributed by atoms with van der Waals surface area (Å²) in [4.78, 5) is 17.4. The van der Waals surface area contributed by atoms with Crippen LogP contribution in [0.5, 0.6) is 11.5 Å². The fraction of sp³-hybridized carbons (Fsp3) is 0.0741. The van der Waals surface area contributed by atoms with E-state index in [0.29, 0.717) is 33.7 Å². The Morgan fingerprint density at radius 3 is 2.57 bits per heavy atom. The minimum Gasteiger partial charge on any atom is -0.507 e. The summed E-state index contributed by atoms with van der Waals surface area (Å²) in [6, 6.07) is 21.8. The number of phenols is 1. The molecule has 35 heavy (non-hydrogen) atoms. The molecule has 0 aliphatic heterocycles. The van der Waals surface area contributed by atoms with Gasteiger partial charge in [-0.05, 0) is 77.9 Å². The molecule has 1 aromatic heterocycles. The number of amides is 1. The van der Waals surface area contributed by atoms with E-state index < -0.39 is 5.91 Å². The molecule has 0 saturated carbocycles. The molecule has 0 aliphatic rings. The van der Waals surface area contributed by atoms with Gasteiger partial charge in [-0.3, -0.25) is 10.1 Å². The van der Waals surface area contributed by atoms with Crippen LogP contribution in [0.2, 0.25) is 0 Å². The van der Waals surface area contributed by atoms with Gasteiger partial charge in [-0.1, -0.05) is 30.3 Å². The van der Waals surface area contributed by atoms with Crippen LogP contribution >= 0.6 is 12.2 Å². The van der Waals surface area contributed by atoms with Gasteiger partial charge in [-0.25, -0.2) is 4.98 Å². The lowest BCUT2D eigenvalue weighted by molar-refractivity contribution is 0.0975. The molecule has 7 nitrogen and oxygen atoms in total. The number of rotatable bonds is 4. The molecule has 0 fully saturated rings. The fourth-order valence-corrected chi connectivity index (χ4v) is 4.04. The number of nitrogens with zero attached hydrogens (tertiary/aromatic N) is 1. The first-order chi connectivity index (χ1) is 16.9. The van der Waals surface area contributed by atoms with Gasteiger partial charge in [0.2, 0.25) is 5.89 Å². The van der Waals surface area contributed by atoms with Gasteiger partial charge < -0.3 is 19.6 Å². The largest absolute Gasteiger partial charge is 0.507 e. The summed E-state index contributed by atoms with van der Waals surface area (Å²) in [5.41, 5.74) is 3.68. The van der Waals surface area contributed by atoms with Crippen LogP contribution in [0.15, 0.2) is 77.2 Å². The third-order valence-corrected chi connectivity index (χ3v) is 5.77. The second-order valence-corrected chi connectivity index (χ2v) is 8.44. The molecule has 1 amide bonds. The van der Waals surface area contributed by atoms with Crippen LogP contribution in [0.25, 0.3) is 33.3 Å². The lowest BCUT2D eigenvalue weighted by atomic mass is 10.1. The number of thiocarbonyl (C=S) groups is 1. The number of anilines is 1. The number of nitrogens with one attached hydrogen (secondary N) is 2. The number of methoxy groups -OCH3 is 1. The molecule has 174 valence electrons. The summed E-state index contributed by atoms with van der Waals surface area (Å²) in [6.45, 7) is 1.96. The van der Waals surface area contributed by atoms with Gasteiger partial charge in [0.15, 0.2) is 10.7 Å². The summed E-state index contributed by atoms with van der Waals surface area (Å²) in [5.74, 6) is 0.331. The van der Waals surface area contributed by atoms with Crippen molar-refractivity contribution in [1.82, 2.24) is 10.3 Å². The highest BCUT2D eigenvalue weighted by atomic mass is 32.1. The zero-order valence-electron chi connectivity index (χ0n) is 19.0. The number of aromatic hydroxyl groups is 1. The van der Waals surface area contributed by atoms with Crippen molar-refractivity contribution in [3.05, 3.63) is 83.9 Å². The van der Waals surface area contributed by atoms with Gasteiger partial charge in [-0.2, -0.15) is 0 Å². The summed E-state index contributed by atoms with van der Waals surface area (Å²) in [5, 5.41) is 18.0. The second-order valence-electron chi connectivity index (χ2n) is 8.03. The third-order valence-electron chi connectivity index (χ3n) is 5.57. The van der Waals surface area contributed by atoms with Gasteiger partial charge in [0.1, 0.15) is 17.0 Å². The van der Waals surface area contributed by atoms with Crippen molar-refractivity contribution in [3.8, 4) is 23.0 Å². The van der Waals surface area contributed by atoms with Crippen molar-refractivity contribution in [2.75, 3.05) is 12.4 Å². The maximum absolute atomic E-state index is 13.0. The quantitative estimate of drug-likeness (QED) is 0.220. The first kappa shape index (κ1) is 22.4. The average molecular weight is 484 g/mol. The highest BCUT2D eigenvalue weighted by Crippen LogP contribution is 2.33. The third kappa shape index (κ3) is 4.51. The molecule has 5 rings (SSSR count). The summed E-state index contributed by atoms with van der Waals surface area (Å²) >= 11 is 5.36. The molecule has 1 heterocycles. The molecule has 3 N–H and O–H groups in total. The number of benzene rings is 4. The first-order valence-corrected chi connectivity index (χ1v) is 11.2. The molecule has 8 heteroatoms. The number of hydrogen-bond acceptors (Lipinski definition) is 6. The lowest BCUT2D eigenvalue weighted by Crippen LogP contribution is -2.34. The van der Waals surface area contributed by atoms with Crippen molar-refractivity contribution in [3.63, 3.8) is 0 Å². The van der Waals surface area contributed by atoms with Gasteiger partial charge in [-0.15, -0.1) is 0 Å². The number of aromatic nitrogens is 1. The molecular formula is C27H21N3O4S. The molecule has 0 aliphatic carbocycles. The number of carbonyl (C=O) groups excluding carboxylic acids is 1. The second kappa shape index (κ2) is 9.08. The number of ether oxygens (including phenoxy) is 1. The van der Waals surface area contributed by atoms with Crippen molar-refractivity contribution in [2.24, 2.45) is 0 Å². The SMILES string of the molecule is COc1cc2ccccc2cc1C(=O)NC(=S)Nc1ccc(O)c(-c2nc3ccc(C)cc3o2)c1. The Hall–Kier alpha value is -4.43. The van der Waals surface area contributed by atoms with Crippen LogP contribution in [-0.2, 0) is 0 Å². The minimum absolute atomic E-state index is 0.00896. The summed E-state index contributed by atoms with van der Waals surface area (Å²) < 4.78 is 11.3. The van der Waals surface area contributed by atoms with Crippen molar-refractivity contribution < 1.29 is 19.1 Å². The van der Waals surface area contributed by atoms with E-state index in [0.717, 1.165) is 16.3 Å². The number of carbonyl (C=O) groups is 1. The predicted octanol–water partition coefficient (Wildman–Crippen LogP) is 5.80. The van der Waals surface area contributed by atoms with Crippen LogP contribution in [0.3, 0.4) is 0 Å². The standard InChI is InChI=1S/C27H21N3O4S/c1-15-7-9-21-24(11-15)34-26(29-21)19-14-18(8-10-22(19)31)28-27(35)30-25(32)20-12-16-5-3-4-6-17(16)13-23(20)33-2/h3-14,31H,1-2H3,(H2,28,30,32,35). The summed E-state index contributed by atoms with van der Waals surface area (Å²) in [7, 11) is 1.52. The smallest absolute Gasteiger partial charge is 0.261 e. The lowest BCUT2D eigenvalue weighted by Gasteiger charge is -2.13. The highest BCUT2D eigenvalue weighted by molar-refractivity contribution is 7.80. The van der Waals surface area contributed by atoms with Crippen molar-refractivity contribution >= 4 is 50.8 Å². The van der Waals surface area contributed by atoms with Crippen LogP contribution in [-0.4, -0.2) is 28.2 Å². The van der Waals surface area contributed by atoms with E-state index in [4.69, 9.17) is 21.4 Å². The maximum Gasteiger partial charge on any atom is 0.261 e. The van der Waals surface area contributed by atoms with Crippen LogP contribution in [0.1, 0.15) is 15.9 Å². The van der Waals surface area contributed by atoms with Gasteiger partial charge in [0, 0.05) is 5.69 Å². The van der Waals surface area contributed by atoms with Crippen LogP contribution in [0, 0.1) is 6.92 Å². The van der Waals surface area contributed by atoms with Crippen LogP contribution in [0.4, 0.5) is 5.69 Å². The van der Waals surface area contributed by atoms with Crippen LogP contribution < -0.4 is 15.4 Å². The predicted molar refractivity (Wildman–Crippen MR) is 140 cm³/mol. The molecule has 0 radical (unpaired) electrons. The zero-order chi connectivity index (χ0) is 24.5. The minimum atomic E-state index is -0.404. The fourth-order valence-electron chi connectivity index (χ4n) is 3.83. The molecule has 0 spiro atoms. The molecule has 4 aromatic carbocycles. The van der Waals surface area contributed by atoms with Crippen molar-refractivity contribution in [1.29, 1.82) is 0 Å². The number of oxazole rings is 1. The molecule has 0 atom stereocenters. The van der Waals surface area contributed by atoms with E-state index >= 15 is 0 Å². The Balaban J connectivity index is 1.36. The average Bonchev–Trinajstić information content (AvgIpc) is 3.27. The highest BCUT2D eigenvalue weighted by Gasteiger charge is 2.17. The Morgan fingerprint density at radius 2 is 1.80 bits per heavy atom. The normalized spacial score (nSPS) is 10.9. The van der Waals surface area contributed by atoms with E-state index in [1.165, 1.54) is 13.2 Å². The number of phenolic OH excluding ortho intramolecular Hbond substituents is 1. The molecular weight excluding hydrogens is 462 g/mol. The zero-order valence-corrected chi connectivity index (χ0v) is 19.8. The Bertz CT molecular complexity index is 1610.